The first-order valence-electron chi connectivity index (χ1n) is 8.28. The van der Waals surface area contributed by atoms with Crippen LogP contribution in [0.3, 0.4) is 0 Å². The van der Waals surface area contributed by atoms with E-state index in [0.717, 1.165) is 32.4 Å². The maximum Gasteiger partial charge on any atom is 0.407 e. The number of ether oxygens (including phenoxy) is 1. The second-order valence-corrected chi connectivity index (χ2v) is 6.58. The molecule has 0 bridgehead atoms. The van der Waals surface area contributed by atoms with Crippen LogP contribution in [0.15, 0.2) is 0 Å². The van der Waals surface area contributed by atoms with Gasteiger partial charge in [0.15, 0.2) is 0 Å². The van der Waals surface area contributed by atoms with Crippen LogP contribution in [-0.2, 0) is 9.53 Å². The van der Waals surface area contributed by atoms with E-state index in [-0.39, 0.29) is 29.6 Å². The van der Waals surface area contributed by atoms with Gasteiger partial charge in [-0.3, -0.25) is 9.69 Å². The Morgan fingerprint density at radius 1 is 1.27 bits per heavy atom. The van der Waals surface area contributed by atoms with Gasteiger partial charge < -0.3 is 15.4 Å². The third kappa shape index (κ3) is 5.83. The number of carbonyl (C=O) groups is 2. The molecule has 22 heavy (non-hydrogen) atoms. The molecular weight excluding hydrogens is 282 g/mol. The number of carbonyl (C=O) groups excluding carboxylic acids is 2. The quantitative estimate of drug-likeness (QED) is 0.785. The van der Waals surface area contributed by atoms with Crippen molar-refractivity contribution in [1.82, 2.24) is 15.5 Å². The van der Waals surface area contributed by atoms with E-state index in [1.165, 1.54) is 0 Å². The zero-order valence-electron chi connectivity index (χ0n) is 14.6. The summed E-state index contributed by atoms with van der Waals surface area (Å²) in [6.45, 7) is 11.9. The summed E-state index contributed by atoms with van der Waals surface area (Å²) in [5, 5.41) is 5.96. The molecule has 2 amide bonds. The molecule has 2 N–H and O–H groups in total. The first-order valence-corrected chi connectivity index (χ1v) is 8.28. The normalized spacial score (nSPS) is 18.6. The number of amides is 2. The Morgan fingerprint density at radius 2 is 1.86 bits per heavy atom. The highest BCUT2D eigenvalue weighted by atomic mass is 16.5. The van der Waals surface area contributed by atoms with Crippen LogP contribution < -0.4 is 10.6 Å². The third-order valence-corrected chi connectivity index (χ3v) is 4.40. The fraction of sp³-hybridized carbons (Fsp3) is 0.875. The third-order valence-electron chi connectivity index (χ3n) is 4.40. The molecule has 0 aromatic rings. The number of likely N-dealkylation sites (tertiary alicyclic amines) is 1. The minimum absolute atomic E-state index is 0.0728. The van der Waals surface area contributed by atoms with E-state index in [1.54, 1.807) is 6.92 Å². The van der Waals surface area contributed by atoms with Gasteiger partial charge in [0.25, 0.3) is 0 Å². The number of hydrogen-bond donors (Lipinski definition) is 2. The van der Waals surface area contributed by atoms with Gasteiger partial charge in [0.1, 0.15) is 0 Å². The fourth-order valence-corrected chi connectivity index (χ4v) is 2.46. The molecule has 0 aromatic carbocycles. The van der Waals surface area contributed by atoms with Gasteiger partial charge in [0.2, 0.25) is 5.91 Å². The van der Waals surface area contributed by atoms with Crippen LogP contribution in [0.5, 0.6) is 0 Å². The van der Waals surface area contributed by atoms with Crippen molar-refractivity contribution < 1.29 is 14.3 Å². The van der Waals surface area contributed by atoms with Crippen molar-refractivity contribution >= 4 is 12.0 Å². The highest BCUT2D eigenvalue weighted by Gasteiger charge is 2.29. The van der Waals surface area contributed by atoms with Crippen LogP contribution in [0.4, 0.5) is 4.79 Å². The van der Waals surface area contributed by atoms with Gasteiger partial charge in [0, 0.05) is 24.7 Å². The molecule has 6 nitrogen and oxygen atoms in total. The molecule has 0 aromatic heterocycles. The van der Waals surface area contributed by atoms with E-state index in [1.807, 2.05) is 20.8 Å². The number of hydrogen-bond acceptors (Lipinski definition) is 4. The van der Waals surface area contributed by atoms with Gasteiger partial charge in [-0.05, 0) is 47.0 Å². The topological polar surface area (TPSA) is 70.7 Å². The highest BCUT2D eigenvalue weighted by Crippen LogP contribution is 2.15. The molecule has 1 rings (SSSR count). The lowest BCUT2D eigenvalue weighted by atomic mass is 10.00. The lowest BCUT2D eigenvalue weighted by molar-refractivity contribution is -0.128. The molecular formula is C16H31N3O3. The summed E-state index contributed by atoms with van der Waals surface area (Å²) in [4.78, 5) is 25.9. The molecule has 1 aliphatic rings. The predicted octanol–water partition coefficient (Wildman–Crippen LogP) is 1.89. The summed E-state index contributed by atoms with van der Waals surface area (Å²) in [7, 11) is 0. The van der Waals surface area contributed by atoms with Gasteiger partial charge >= 0.3 is 6.09 Å². The second kappa shape index (κ2) is 8.36. The van der Waals surface area contributed by atoms with Gasteiger partial charge in [-0.25, -0.2) is 4.79 Å². The summed E-state index contributed by atoms with van der Waals surface area (Å²) in [5.74, 6) is 0.0728. The van der Waals surface area contributed by atoms with Crippen molar-refractivity contribution in [3.8, 4) is 0 Å². The Kier molecular flexibility index (Phi) is 7.13. The van der Waals surface area contributed by atoms with Gasteiger partial charge in [-0.1, -0.05) is 6.92 Å². The standard InChI is InChI=1S/C16H31N3O3/c1-6-16(4,5)18-14(20)12(3)19-10-8-13(9-11-19)17-15(21)22-7-2/h12-13H,6-11H2,1-5H3,(H,17,21)(H,18,20)/t12-/m1/s1. The van der Waals surface area contributed by atoms with Crippen molar-refractivity contribution in [2.24, 2.45) is 0 Å². The van der Waals surface area contributed by atoms with E-state index in [2.05, 4.69) is 22.5 Å². The molecule has 1 heterocycles. The molecule has 1 aliphatic heterocycles. The van der Waals surface area contributed by atoms with Crippen LogP contribution in [0.1, 0.15) is 53.9 Å². The Morgan fingerprint density at radius 3 is 2.36 bits per heavy atom. The van der Waals surface area contributed by atoms with E-state index < -0.39 is 0 Å². The van der Waals surface area contributed by atoms with Gasteiger partial charge in [0.05, 0.1) is 12.6 Å². The molecule has 128 valence electrons. The van der Waals surface area contributed by atoms with Crippen molar-refractivity contribution in [3.05, 3.63) is 0 Å². The number of alkyl carbamates (subject to hydrolysis) is 1. The molecule has 0 spiro atoms. The zero-order chi connectivity index (χ0) is 16.8. The Hall–Kier alpha value is -1.30. The van der Waals surface area contributed by atoms with Gasteiger partial charge in [-0.15, -0.1) is 0 Å². The van der Waals surface area contributed by atoms with Crippen LogP contribution in [0, 0.1) is 0 Å². The molecule has 0 radical (unpaired) electrons. The number of nitrogens with zero attached hydrogens (tertiary/aromatic N) is 1. The summed E-state index contributed by atoms with van der Waals surface area (Å²) < 4.78 is 4.90. The number of piperidine rings is 1. The van der Waals surface area contributed by atoms with E-state index in [0.29, 0.717) is 6.61 Å². The van der Waals surface area contributed by atoms with Crippen molar-refractivity contribution in [2.45, 2.75) is 71.5 Å². The molecule has 1 saturated heterocycles. The Balaban J connectivity index is 2.40. The average Bonchev–Trinajstić information content (AvgIpc) is 2.47. The van der Waals surface area contributed by atoms with Gasteiger partial charge in [-0.2, -0.15) is 0 Å². The van der Waals surface area contributed by atoms with Crippen molar-refractivity contribution in [2.75, 3.05) is 19.7 Å². The van der Waals surface area contributed by atoms with E-state index >= 15 is 0 Å². The van der Waals surface area contributed by atoms with E-state index in [9.17, 15) is 9.59 Å². The molecule has 0 aliphatic carbocycles. The minimum atomic E-state index is -0.351. The predicted molar refractivity (Wildman–Crippen MR) is 86.7 cm³/mol. The summed E-state index contributed by atoms with van der Waals surface area (Å²) in [5.41, 5.74) is -0.171. The summed E-state index contributed by atoms with van der Waals surface area (Å²) in [6.07, 6.45) is 2.23. The molecule has 1 fully saturated rings. The Labute approximate surface area is 134 Å². The first kappa shape index (κ1) is 18.7. The second-order valence-electron chi connectivity index (χ2n) is 6.58. The summed E-state index contributed by atoms with van der Waals surface area (Å²) in [6, 6.07) is -0.00740. The SMILES string of the molecule is CCOC(=O)NC1CCN([C@H](C)C(=O)NC(C)(C)CC)CC1. The molecule has 6 heteroatoms. The monoisotopic (exact) mass is 313 g/mol. The molecule has 1 atom stereocenters. The maximum atomic E-state index is 12.3. The number of rotatable bonds is 6. The van der Waals surface area contributed by atoms with Crippen molar-refractivity contribution in [1.29, 1.82) is 0 Å². The number of nitrogens with one attached hydrogen (secondary N) is 2. The van der Waals surface area contributed by atoms with Crippen LogP contribution >= 0.6 is 0 Å². The first-order chi connectivity index (χ1) is 10.3. The summed E-state index contributed by atoms with van der Waals surface area (Å²) >= 11 is 0. The smallest absolute Gasteiger partial charge is 0.407 e. The Bertz CT molecular complexity index is 377. The van der Waals surface area contributed by atoms with Crippen LogP contribution in [0.25, 0.3) is 0 Å². The zero-order valence-corrected chi connectivity index (χ0v) is 14.6. The van der Waals surface area contributed by atoms with Crippen LogP contribution in [0.2, 0.25) is 0 Å². The largest absolute Gasteiger partial charge is 0.450 e. The minimum Gasteiger partial charge on any atom is -0.450 e. The highest BCUT2D eigenvalue weighted by molar-refractivity contribution is 5.82. The lowest BCUT2D eigenvalue weighted by Gasteiger charge is -2.36. The van der Waals surface area contributed by atoms with Crippen molar-refractivity contribution in [3.63, 3.8) is 0 Å². The van der Waals surface area contributed by atoms with E-state index in [4.69, 9.17) is 4.74 Å². The molecule has 0 saturated carbocycles. The maximum absolute atomic E-state index is 12.3. The average molecular weight is 313 g/mol. The molecule has 0 unspecified atom stereocenters. The van der Waals surface area contributed by atoms with Crippen LogP contribution in [-0.4, -0.2) is 54.2 Å². The fourth-order valence-electron chi connectivity index (χ4n) is 2.46. The lowest BCUT2D eigenvalue weighted by Crippen LogP contribution is -2.55.